The van der Waals surface area contributed by atoms with Gasteiger partial charge in [0.15, 0.2) is 12.5 Å². The largest absolute Gasteiger partial charge is 0.476 e. The molecule has 0 bridgehead atoms. The van der Waals surface area contributed by atoms with Crippen molar-refractivity contribution in [3.05, 3.63) is 0 Å². The molecule has 15 heavy (non-hydrogen) atoms. The lowest BCUT2D eigenvalue weighted by Crippen LogP contribution is -2.09. The van der Waals surface area contributed by atoms with E-state index in [0.29, 0.717) is 6.61 Å². The summed E-state index contributed by atoms with van der Waals surface area (Å²) in [5.74, 6) is 0.183. The highest BCUT2D eigenvalue weighted by molar-refractivity contribution is 5.58. The summed E-state index contributed by atoms with van der Waals surface area (Å²) in [4.78, 5) is 7.52. The van der Waals surface area contributed by atoms with Gasteiger partial charge in [-0.15, -0.1) is 0 Å². The molecule has 5 N–H and O–H groups in total. The van der Waals surface area contributed by atoms with Gasteiger partial charge >= 0.3 is 0 Å². The molecule has 1 heterocycles. The Bertz CT molecular complexity index is 332. The lowest BCUT2D eigenvalue weighted by molar-refractivity contribution is 0.0945. The van der Waals surface area contributed by atoms with Crippen LogP contribution < -0.4 is 20.9 Å². The average Bonchev–Trinajstić information content (AvgIpc) is 2.21. The van der Waals surface area contributed by atoms with E-state index < -0.39 is 6.79 Å². The molecule has 1 aromatic rings. The molecule has 0 aliphatic rings. The molecule has 0 aliphatic heterocycles. The van der Waals surface area contributed by atoms with Crippen molar-refractivity contribution in [3.63, 3.8) is 0 Å². The van der Waals surface area contributed by atoms with Gasteiger partial charge in [0.05, 0.1) is 6.61 Å². The van der Waals surface area contributed by atoms with E-state index in [4.69, 9.17) is 26.0 Å². The fourth-order valence-corrected chi connectivity index (χ4v) is 0.925. The minimum absolute atomic E-state index is 0.0150. The van der Waals surface area contributed by atoms with Crippen LogP contribution in [0.2, 0.25) is 0 Å². The number of aromatic nitrogens is 2. The first kappa shape index (κ1) is 11.3. The summed E-state index contributed by atoms with van der Waals surface area (Å²) in [6.07, 6.45) is 0.819. The molecule has 1 rings (SSSR count). The number of hydrogen-bond donors (Lipinski definition) is 3. The molecule has 0 aromatic carbocycles. The van der Waals surface area contributed by atoms with Crippen molar-refractivity contribution in [1.29, 1.82) is 0 Å². The van der Waals surface area contributed by atoms with Crippen molar-refractivity contribution in [2.24, 2.45) is 0 Å². The zero-order valence-corrected chi connectivity index (χ0v) is 8.43. The standard InChI is InChI=1S/C8H14N4O3/c1-2-3-14-6-5(9)7(15-4-13)12-8(10)11-6/h13H,2-4,9H2,1H3,(H2,10,11,12). The number of nitrogens with two attached hydrogens (primary N) is 2. The Balaban J connectivity index is 2.93. The van der Waals surface area contributed by atoms with Crippen LogP contribution in [0.4, 0.5) is 11.6 Å². The van der Waals surface area contributed by atoms with E-state index in [0.717, 1.165) is 6.42 Å². The van der Waals surface area contributed by atoms with Crippen LogP contribution in [0, 0.1) is 0 Å². The monoisotopic (exact) mass is 214 g/mol. The van der Waals surface area contributed by atoms with Crippen LogP contribution in [0.1, 0.15) is 13.3 Å². The third kappa shape index (κ3) is 2.84. The second kappa shape index (κ2) is 5.20. The summed E-state index contributed by atoms with van der Waals surface area (Å²) >= 11 is 0. The number of nitrogen functional groups attached to an aromatic ring is 2. The van der Waals surface area contributed by atoms with Gasteiger partial charge in [0.25, 0.3) is 0 Å². The van der Waals surface area contributed by atoms with E-state index >= 15 is 0 Å². The van der Waals surface area contributed by atoms with Gasteiger partial charge in [0, 0.05) is 0 Å². The smallest absolute Gasteiger partial charge is 0.248 e. The normalized spacial score (nSPS) is 10.0. The molecule has 84 valence electrons. The lowest BCUT2D eigenvalue weighted by atomic mass is 10.5. The number of aliphatic hydroxyl groups is 1. The number of hydrogen-bond acceptors (Lipinski definition) is 7. The number of rotatable bonds is 5. The summed E-state index contributed by atoms with van der Waals surface area (Å²) in [5.41, 5.74) is 11.2. The van der Waals surface area contributed by atoms with Crippen LogP contribution in [0.25, 0.3) is 0 Å². The Kier molecular flexibility index (Phi) is 3.92. The molecule has 0 amide bonds. The molecule has 0 saturated carbocycles. The molecule has 0 radical (unpaired) electrons. The van der Waals surface area contributed by atoms with Crippen LogP contribution in [0.15, 0.2) is 0 Å². The van der Waals surface area contributed by atoms with E-state index in [-0.39, 0.29) is 23.4 Å². The van der Waals surface area contributed by atoms with Crippen LogP contribution in [0.3, 0.4) is 0 Å². The van der Waals surface area contributed by atoms with Crippen molar-refractivity contribution in [1.82, 2.24) is 9.97 Å². The maximum Gasteiger partial charge on any atom is 0.248 e. The summed E-state index contributed by atoms with van der Waals surface area (Å²) in [6.45, 7) is 1.89. The summed E-state index contributed by atoms with van der Waals surface area (Å²) < 4.78 is 9.99. The maximum atomic E-state index is 8.58. The molecule has 1 aromatic heterocycles. The Labute approximate surface area is 87.0 Å². The number of nitrogens with zero attached hydrogens (tertiary/aromatic N) is 2. The van der Waals surface area contributed by atoms with Crippen LogP contribution in [0.5, 0.6) is 11.8 Å². The Morgan fingerprint density at radius 1 is 1.20 bits per heavy atom. The minimum Gasteiger partial charge on any atom is -0.476 e. The van der Waals surface area contributed by atoms with Gasteiger partial charge in [0.1, 0.15) is 0 Å². The minimum atomic E-state index is -0.534. The topological polar surface area (TPSA) is 117 Å². The van der Waals surface area contributed by atoms with Crippen molar-refractivity contribution in [2.75, 3.05) is 24.9 Å². The highest BCUT2D eigenvalue weighted by atomic mass is 16.6. The number of aliphatic hydroxyl groups excluding tert-OH is 1. The zero-order valence-electron chi connectivity index (χ0n) is 8.43. The second-order valence-corrected chi connectivity index (χ2v) is 2.73. The zero-order chi connectivity index (χ0) is 11.3. The molecule has 7 nitrogen and oxygen atoms in total. The first-order valence-corrected chi connectivity index (χ1v) is 4.48. The third-order valence-corrected chi connectivity index (χ3v) is 1.54. The highest BCUT2D eigenvalue weighted by Crippen LogP contribution is 2.28. The van der Waals surface area contributed by atoms with Gasteiger partial charge in [-0.1, -0.05) is 6.92 Å². The molecule has 0 fully saturated rings. The van der Waals surface area contributed by atoms with Gasteiger partial charge in [-0.2, -0.15) is 9.97 Å². The molecule has 0 saturated heterocycles. The van der Waals surface area contributed by atoms with E-state index in [1.807, 2.05) is 6.92 Å². The second-order valence-electron chi connectivity index (χ2n) is 2.73. The Hall–Kier alpha value is -1.76. The quantitative estimate of drug-likeness (QED) is 0.579. The van der Waals surface area contributed by atoms with Crippen molar-refractivity contribution in [2.45, 2.75) is 13.3 Å². The van der Waals surface area contributed by atoms with E-state index in [2.05, 4.69) is 9.97 Å². The fraction of sp³-hybridized carbons (Fsp3) is 0.500. The summed E-state index contributed by atoms with van der Waals surface area (Å²) in [7, 11) is 0. The van der Waals surface area contributed by atoms with Crippen LogP contribution in [-0.2, 0) is 0 Å². The van der Waals surface area contributed by atoms with E-state index in [9.17, 15) is 0 Å². The number of ether oxygens (including phenoxy) is 2. The van der Waals surface area contributed by atoms with Crippen LogP contribution >= 0.6 is 0 Å². The summed E-state index contributed by atoms with van der Waals surface area (Å²) in [5, 5.41) is 8.58. The molecular formula is C8H14N4O3. The van der Waals surface area contributed by atoms with Gasteiger partial charge in [-0.05, 0) is 6.42 Å². The average molecular weight is 214 g/mol. The lowest BCUT2D eigenvalue weighted by Gasteiger charge is -2.10. The van der Waals surface area contributed by atoms with Gasteiger partial charge in [0.2, 0.25) is 17.7 Å². The number of anilines is 2. The third-order valence-electron chi connectivity index (χ3n) is 1.54. The Morgan fingerprint density at radius 3 is 2.33 bits per heavy atom. The van der Waals surface area contributed by atoms with E-state index in [1.165, 1.54) is 0 Å². The molecule has 0 aliphatic carbocycles. The SMILES string of the molecule is CCCOc1nc(N)nc(OCO)c1N. The fourth-order valence-electron chi connectivity index (χ4n) is 0.925. The molecular weight excluding hydrogens is 200 g/mol. The first-order valence-electron chi connectivity index (χ1n) is 4.48. The molecule has 0 unspecified atom stereocenters. The maximum absolute atomic E-state index is 8.58. The molecule has 0 atom stereocenters. The van der Waals surface area contributed by atoms with Crippen molar-refractivity contribution in [3.8, 4) is 11.8 Å². The Morgan fingerprint density at radius 2 is 1.80 bits per heavy atom. The van der Waals surface area contributed by atoms with Gasteiger partial charge in [-0.3, -0.25) is 0 Å². The molecule has 0 spiro atoms. The predicted octanol–water partition coefficient (Wildman–Crippen LogP) is -0.242. The van der Waals surface area contributed by atoms with Crippen molar-refractivity contribution < 1.29 is 14.6 Å². The first-order chi connectivity index (χ1) is 7.19. The van der Waals surface area contributed by atoms with Gasteiger partial charge in [-0.25, -0.2) is 0 Å². The molecule has 7 heteroatoms. The van der Waals surface area contributed by atoms with E-state index in [1.54, 1.807) is 0 Å². The summed E-state index contributed by atoms with van der Waals surface area (Å²) in [6, 6.07) is 0. The van der Waals surface area contributed by atoms with Crippen LogP contribution in [-0.4, -0.2) is 28.5 Å². The van der Waals surface area contributed by atoms with Crippen molar-refractivity contribution >= 4 is 11.6 Å². The van der Waals surface area contributed by atoms with Gasteiger partial charge < -0.3 is 26.0 Å². The predicted molar refractivity (Wildman–Crippen MR) is 54.4 cm³/mol. The highest BCUT2D eigenvalue weighted by Gasteiger charge is 2.12.